The Balaban J connectivity index is 1.99. The number of hydrogen-bond donors (Lipinski definition) is 0. The molecule has 0 N–H and O–H groups in total. The van der Waals surface area contributed by atoms with Gasteiger partial charge in [0.2, 0.25) is 0 Å². The van der Waals surface area contributed by atoms with Gasteiger partial charge in [-0.15, -0.1) is 0 Å². The monoisotopic (exact) mass is 417 g/mol. The Bertz CT molecular complexity index is 1040. The first-order valence-corrected chi connectivity index (χ1v) is 9.66. The maximum absolute atomic E-state index is 12.2. The van der Waals surface area contributed by atoms with Crippen LogP contribution < -0.4 is 4.90 Å². The highest BCUT2D eigenvalue weighted by Crippen LogP contribution is 2.21. The van der Waals surface area contributed by atoms with Crippen LogP contribution in [-0.2, 0) is 9.47 Å². The third kappa shape index (κ3) is 6.19. The topological polar surface area (TPSA) is 103 Å². The number of methoxy groups -OCH3 is 1. The second kappa shape index (κ2) is 11.2. The zero-order valence-electron chi connectivity index (χ0n) is 17.7. The third-order valence-electron chi connectivity index (χ3n) is 4.68. The lowest BCUT2D eigenvalue weighted by atomic mass is 10.0. The average Bonchev–Trinajstić information content (AvgIpc) is 2.80. The molecule has 31 heavy (non-hydrogen) atoms. The van der Waals surface area contributed by atoms with Crippen molar-refractivity contribution in [1.82, 2.24) is 0 Å². The Morgan fingerprint density at radius 3 is 2.16 bits per heavy atom. The molecule has 0 radical (unpaired) electrons. The van der Waals surface area contributed by atoms with Crippen LogP contribution >= 0.6 is 0 Å². The molecule has 0 bridgehead atoms. The molecule has 0 aromatic heterocycles. The summed E-state index contributed by atoms with van der Waals surface area (Å²) in [6, 6.07) is 15.5. The van der Waals surface area contributed by atoms with Crippen LogP contribution in [0.25, 0.3) is 6.08 Å². The number of carbonyl (C=O) groups is 2. The highest BCUT2D eigenvalue weighted by molar-refractivity contribution is 5.93. The number of carbonyl (C=O) groups excluding carboxylic acids is 2. The summed E-state index contributed by atoms with van der Waals surface area (Å²) in [7, 11) is 1.30. The predicted octanol–water partition coefficient (Wildman–Crippen LogP) is 3.90. The molecule has 2 aromatic carbocycles. The normalized spacial score (nSPS) is 9.71. The average molecular weight is 417 g/mol. The van der Waals surface area contributed by atoms with Crippen molar-refractivity contribution in [3.8, 4) is 12.1 Å². The van der Waals surface area contributed by atoms with E-state index >= 15 is 0 Å². The molecule has 0 spiro atoms. The van der Waals surface area contributed by atoms with Gasteiger partial charge in [0.05, 0.1) is 24.8 Å². The molecule has 7 heteroatoms. The van der Waals surface area contributed by atoms with E-state index in [-0.39, 0.29) is 12.2 Å². The summed E-state index contributed by atoms with van der Waals surface area (Å²) in [5.41, 5.74) is 3.46. The second-order valence-electron chi connectivity index (χ2n) is 6.61. The molecule has 0 aliphatic carbocycles. The fourth-order valence-corrected chi connectivity index (χ4v) is 2.93. The van der Waals surface area contributed by atoms with E-state index < -0.39 is 11.9 Å². The van der Waals surface area contributed by atoms with Gasteiger partial charge in [-0.3, -0.25) is 0 Å². The molecule has 0 unspecified atom stereocenters. The number of hydrogen-bond acceptors (Lipinski definition) is 7. The zero-order valence-corrected chi connectivity index (χ0v) is 17.7. The number of nitrogens with zero attached hydrogens (tertiary/aromatic N) is 3. The van der Waals surface area contributed by atoms with E-state index in [1.54, 1.807) is 6.08 Å². The van der Waals surface area contributed by atoms with E-state index in [2.05, 4.69) is 9.64 Å². The molecule has 158 valence electrons. The number of nitriles is 2. The minimum atomic E-state index is -0.468. The zero-order chi connectivity index (χ0) is 22.8. The van der Waals surface area contributed by atoms with E-state index in [1.807, 2.05) is 44.2 Å². The van der Waals surface area contributed by atoms with Gasteiger partial charge < -0.3 is 14.4 Å². The van der Waals surface area contributed by atoms with Gasteiger partial charge in [0.1, 0.15) is 24.3 Å². The molecule has 2 aromatic rings. The van der Waals surface area contributed by atoms with Crippen molar-refractivity contribution in [2.45, 2.75) is 13.8 Å². The Labute approximate surface area is 181 Å². The number of ether oxygens (including phenoxy) is 2. The number of allylic oxidation sites excluding steroid dienone is 1. The summed E-state index contributed by atoms with van der Waals surface area (Å²) in [6.45, 7) is 5.31. The van der Waals surface area contributed by atoms with E-state index in [1.165, 1.54) is 31.4 Å². The summed E-state index contributed by atoms with van der Waals surface area (Å²) in [5.74, 6) is -0.934. The Kier molecular flexibility index (Phi) is 8.36. The van der Waals surface area contributed by atoms with Crippen molar-refractivity contribution < 1.29 is 19.1 Å². The summed E-state index contributed by atoms with van der Waals surface area (Å²) in [5, 5.41) is 17.8. The van der Waals surface area contributed by atoms with Gasteiger partial charge in [-0.25, -0.2) is 9.59 Å². The van der Waals surface area contributed by atoms with Crippen LogP contribution in [0.2, 0.25) is 0 Å². The Hall–Kier alpha value is -4.10. The van der Waals surface area contributed by atoms with Gasteiger partial charge in [0.25, 0.3) is 0 Å². The first-order chi connectivity index (χ1) is 14.9. The van der Waals surface area contributed by atoms with Crippen molar-refractivity contribution >= 4 is 23.7 Å². The lowest BCUT2D eigenvalue weighted by Crippen LogP contribution is -2.28. The van der Waals surface area contributed by atoms with Crippen molar-refractivity contribution in [3.63, 3.8) is 0 Å². The van der Waals surface area contributed by atoms with Crippen molar-refractivity contribution in [2.75, 3.05) is 31.7 Å². The van der Waals surface area contributed by atoms with Crippen LogP contribution in [0, 0.1) is 29.6 Å². The van der Waals surface area contributed by atoms with Crippen LogP contribution in [0.3, 0.4) is 0 Å². The molecule has 0 fully saturated rings. The molecule has 0 aliphatic rings. The molecule has 0 aliphatic heterocycles. The standard InChI is InChI=1S/C24H23N3O4/c1-4-27(22-10-9-21(17(2)13-22)14-18(15-25)16-26)11-12-31-24(29)20-7-5-19(6-8-20)23(28)30-3/h5-10,13-14H,4,11-12H2,1-3H3. The molecular weight excluding hydrogens is 394 g/mol. The molecule has 0 atom stereocenters. The SMILES string of the molecule is CCN(CCOC(=O)c1ccc(C(=O)OC)cc1)c1ccc(C=C(C#N)C#N)c(C)c1. The minimum Gasteiger partial charge on any atom is -0.465 e. The van der Waals surface area contributed by atoms with Gasteiger partial charge in [-0.2, -0.15) is 10.5 Å². The number of likely N-dealkylation sites (N-methyl/N-ethyl adjacent to an activating group) is 1. The molecule has 7 nitrogen and oxygen atoms in total. The number of benzene rings is 2. The van der Waals surface area contributed by atoms with Crippen LogP contribution in [-0.4, -0.2) is 38.7 Å². The molecule has 0 saturated carbocycles. The molecule has 0 heterocycles. The number of anilines is 1. The van der Waals surface area contributed by atoms with Crippen LogP contribution in [0.15, 0.2) is 48.0 Å². The van der Waals surface area contributed by atoms with Crippen molar-refractivity contribution in [3.05, 3.63) is 70.3 Å². The highest BCUT2D eigenvalue weighted by atomic mass is 16.5. The fourth-order valence-electron chi connectivity index (χ4n) is 2.93. The number of aryl methyl sites for hydroxylation is 1. The van der Waals surface area contributed by atoms with Crippen LogP contribution in [0.5, 0.6) is 0 Å². The van der Waals surface area contributed by atoms with E-state index in [4.69, 9.17) is 15.3 Å². The Morgan fingerprint density at radius 2 is 1.65 bits per heavy atom. The summed E-state index contributed by atoms with van der Waals surface area (Å²) < 4.78 is 10.0. The van der Waals surface area contributed by atoms with Gasteiger partial charge in [-0.1, -0.05) is 6.07 Å². The maximum Gasteiger partial charge on any atom is 0.338 e. The molecule has 0 amide bonds. The number of rotatable bonds is 8. The van der Waals surface area contributed by atoms with Crippen molar-refractivity contribution in [2.24, 2.45) is 0 Å². The fraction of sp³-hybridized carbons (Fsp3) is 0.250. The van der Waals surface area contributed by atoms with E-state index in [9.17, 15) is 9.59 Å². The summed E-state index contributed by atoms with van der Waals surface area (Å²) in [4.78, 5) is 25.8. The minimum absolute atomic E-state index is 0.0507. The predicted molar refractivity (Wildman–Crippen MR) is 116 cm³/mol. The van der Waals surface area contributed by atoms with Gasteiger partial charge in [0.15, 0.2) is 0 Å². The van der Waals surface area contributed by atoms with Crippen LogP contribution in [0.4, 0.5) is 5.69 Å². The first kappa shape index (κ1) is 23.2. The third-order valence-corrected chi connectivity index (χ3v) is 4.68. The Morgan fingerprint density at radius 1 is 1.03 bits per heavy atom. The maximum atomic E-state index is 12.2. The molecule has 2 rings (SSSR count). The van der Waals surface area contributed by atoms with E-state index in [0.717, 1.165) is 16.8 Å². The van der Waals surface area contributed by atoms with E-state index in [0.29, 0.717) is 24.2 Å². The second-order valence-corrected chi connectivity index (χ2v) is 6.61. The van der Waals surface area contributed by atoms with Gasteiger partial charge in [-0.05, 0) is 67.4 Å². The summed E-state index contributed by atoms with van der Waals surface area (Å²) >= 11 is 0. The number of esters is 2. The molecular formula is C24H23N3O4. The van der Waals surface area contributed by atoms with Gasteiger partial charge in [0, 0.05) is 12.2 Å². The smallest absolute Gasteiger partial charge is 0.338 e. The quantitative estimate of drug-likeness (QED) is 0.474. The first-order valence-electron chi connectivity index (χ1n) is 9.66. The van der Waals surface area contributed by atoms with Gasteiger partial charge >= 0.3 is 11.9 Å². The van der Waals surface area contributed by atoms with Crippen molar-refractivity contribution in [1.29, 1.82) is 10.5 Å². The summed E-state index contributed by atoms with van der Waals surface area (Å²) in [6.07, 6.45) is 1.56. The lowest BCUT2D eigenvalue weighted by Gasteiger charge is -2.23. The van der Waals surface area contributed by atoms with Crippen LogP contribution in [0.1, 0.15) is 38.8 Å². The largest absolute Gasteiger partial charge is 0.465 e. The lowest BCUT2D eigenvalue weighted by molar-refractivity contribution is 0.0513. The highest BCUT2D eigenvalue weighted by Gasteiger charge is 2.12. The molecule has 0 saturated heterocycles.